The molecular weight excluding hydrogens is 361 g/mol. The van der Waals surface area contributed by atoms with Crippen molar-refractivity contribution in [2.75, 3.05) is 11.5 Å². The summed E-state index contributed by atoms with van der Waals surface area (Å²) in [5, 5.41) is 2.76. The number of benzene rings is 1. The number of sulfone groups is 1. The smallest absolute Gasteiger partial charge is 0.220 e. The van der Waals surface area contributed by atoms with Crippen molar-refractivity contribution in [2.45, 2.75) is 31.7 Å². The standard InChI is InChI=1S/C14H17BrFNO3S/c1-14(6-7-21(19,20)9-14)17-13(18)5-3-10-2-4-11(15)8-12(10)16/h2,4,8H,3,5-7,9H2,1H3,(H,17,18)/t14-/m1/s1. The summed E-state index contributed by atoms with van der Waals surface area (Å²) in [6.07, 6.45) is 0.843. The van der Waals surface area contributed by atoms with E-state index in [1.54, 1.807) is 19.1 Å². The van der Waals surface area contributed by atoms with E-state index in [4.69, 9.17) is 0 Å². The summed E-state index contributed by atoms with van der Waals surface area (Å²) < 4.78 is 37.2. The average molecular weight is 378 g/mol. The first-order valence-electron chi connectivity index (χ1n) is 6.65. The molecule has 0 aliphatic carbocycles. The van der Waals surface area contributed by atoms with E-state index >= 15 is 0 Å². The lowest BCUT2D eigenvalue weighted by Crippen LogP contribution is -2.47. The first-order chi connectivity index (χ1) is 9.69. The van der Waals surface area contributed by atoms with Gasteiger partial charge in [0.1, 0.15) is 5.82 Å². The van der Waals surface area contributed by atoms with Crippen molar-refractivity contribution in [3.63, 3.8) is 0 Å². The number of hydrogen-bond donors (Lipinski definition) is 1. The largest absolute Gasteiger partial charge is 0.350 e. The number of halogens is 2. The molecule has 0 aromatic heterocycles. The monoisotopic (exact) mass is 377 g/mol. The molecule has 1 aromatic rings. The molecule has 1 aromatic carbocycles. The lowest BCUT2D eigenvalue weighted by molar-refractivity contribution is -0.122. The van der Waals surface area contributed by atoms with Gasteiger partial charge in [-0.25, -0.2) is 12.8 Å². The molecule has 0 saturated carbocycles. The van der Waals surface area contributed by atoms with Crippen LogP contribution in [0.1, 0.15) is 25.3 Å². The van der Waals surface area contributed by atoms with Crippen LogP contribution in [0, 0.1) is 5.82 Å². The molecule has 1 N–H and O–H groups in total. The Morgan fingerprint density at radius 3 is 2.76 bits per heavy atom. The molecule has 0 radical (unpaired) electrons. The van der Waals surface area contributed by atoms with Gasteiger partial charge in [-0.2, -0.15) is 0 Å². The molecule has 21 heavy (non-hydrogen) atoms. The zero-order chi connectivity index (χ0) is 15.7. The molecule has 0 unspecified atom stereocenters. The Morgan fingerprint density at radius 2 is 2.19 bits per heavy atom. The fourth-order valence-corrected chi connectivity index (χ4v) is 4.91. The Labute approximate surface area is 132 Å². The van der Waals surface area contributed by atoms with Gasteiger partial charge in [0, 0.05) is 10.9 Å². The van der Waals surface area contributed by atoms with E-state index in [1.165, 1.54) is 6.07 Å². The summed E-state index contributed by atoms with van der Waals surface area (Å²) >= 11 is 3.18. The van der Waals surface area contributed by atoms with Gasteiger partial charge in [-0.15, -0.1) is 0 Å². The number of hydrogen-bond acceptors (Lipinski definition) is 3. The van der Waals surface area contributed by atoms with Gasteiger partial charge in [0.25, 0.3) is 0 Å². The molecular formula is C14H17BrFNO3S. The van der Waals surface area contributed by atoms with Gasteiger partial charge in [0.15, 0.2) is 9.84 Å². The first kappa shape index (κ1) is 16.4. The quantitative estimate of drug-likeness (QED) is 0.874. The van der Waals surface area contributed by atoms with Crippen LogP contribution in [0.2, 0.25) is 0 Å². The molecule has 1 fully saturated rings. The molecule has 0 spiro atoms. The highest BCUT2D eigenvalue weighted by atomic mass is 79.9. The fraction of sp³-hybridized carbons (Fsp3) is 0.500. The molecule has 1 atom stereocenters. The van der Waals surface area contributed by atoms with Crippen LogP contribution in [0.5, 0.6) is 0 Å². The molecule has 0 bridgehead atoms. The third-order valence-electron chi connectivity index (χ3n) is 3.58. The molecule has 116 valence electrons. The van der Waals surface area contributed by atoms with E-state index < -0.39 is 15.4 Å². The maximum Gasteiger partial charge on any atom is 0.220 e. The van der Waals surface area contributed by atoms with Gasteiger partial charge in [-0.05, 0) is 37.5 Å². The Kier molecular flexibility index (Phi) is 4.72. The zero-order valence-electron chi connectivity index (χ0n) is 11.7. The van der Waals surface area contributed by atoms with Gasteiger partial charge < -0.3 is 5.32 Å². The second-order valence-electron chi connectivity index (χ2n) is 5.69. The van der Waals surface area contributed by atoms with Crippen molar-refractivity contribution in [3.05, 3.63) is 34.1 Å². The average Bonchev–Trinajstić information content (AvgIpc) is 2.62. The van der Waals surface area contributed by atoms with Crippen molar-refractivity contribution in [3.8, 4) is 0 Å². The van der Waals surface area contributed by atoms with Gasteiger partial charge >= 0.3 is 0 Å². The molecule has 2 rings (SSSR count). The molecule has 1 heterocycles. The van der Waals surface area contributed by atoms with Crippen LogP contribution < -0.4 is 5.32 Å². The van der Waals surface area contributed by atoms with Crippen LogP contribution >= 0.6 is 15.9 Å². The Hall–Kier alpha value is -0.950. The lowest BCUT2D eigenvalue weighted by atomic mass is 10.0. The number of carbonyl (C=O) groups is 1. The molecule has 1 amide bonds. The highest BCUT2D eigenvalue weighted by Crippen LogP contribution is 2.23. The van der Waals surface area contributed by atoms with E-state index in [0.29, 0.717) is 16.5 Å². The van der Waals surface area contributed by atoms with E-state index in [-0.39, 0.29) is 36.1 Å². The van der Waals surface area contributed by atoms with Crippen LogP contribution in [0.4, 0.5) is 4.39 Å². The number of amides is 1. The third-order valence-corrected chi connectivity index (χ3v) is 5.98. The minimum Gasteiger partial charge on any atom is -0.350 e. The van der Waals surface area contributed by atoms with Crippen molar-refractivity contribution in [2.24, 2.45) is 0 Å². The topological polar surface area (TPSA) is 63.2 Å². The second kappa shape index (κ2) is 6.04. The van der Waals surface area contributed by atoms with Crippen LogP contribution in [0.25, 0.3) is 0 Å². The summed E-state index contributed by atoms with van der Waals surface area (Å²) in [7, 11) is -3.06. The summed E-state index contributed by atoms with van der Waals surface area (Å²) in [5.41, 5.74) is -0.230. The van der Waals surface area contributed by atoms with Gasteiger partial charge in [-0.1, -0.05) is 22.0 Å². The molecule has 4 nitrogen and oxygen atoms in total. The maximum absolute atomic E-state index is 13.6. The van der Waals surface area contributed by atoms with Crippen molar-refractivity contribution in [1.29, 1.82) is 0 Å². The first-order valence-corrected chi connectivity index (χ1v) is 9.26. The van der Waals surface area contributed by atoms with Crippen LogP contribution in [-0.2, 0) is 21.1 Å². The van der Waals surface area contributed by atoms with Gasteiger partial charge in [-0.3, -0.25) is 4.79 Å². The summed E-state index contributed by atoms with van der Waals surface area (Å²) in [5.74, 6) is -0.535. The van der Waals surface area contributed by atoms with E-state index in [1.807, 2.05) is 0 Å². The zero-order valence-corrected chi connectivity index (χ0v) is 14.1. The number of nitrogens with one attached hydrogen (secondary N) is 1. The molecule has 1 aliphatic heterocycles. The van der Waals surface area contributed by atoms with Crippen LogP contribution in [-0.4, -0.2) is 31.4 Å². The number of rotatable bonds is 4. The summed E-state index contributed by atoms with van der Waals surface area (Å²) in [6, 6.07) is 4.72. The normalized spacial score (nSPS) is 24.0. The van der Waals surface area contributed by atoms with Crippen LogP contribution in [0.3, 0.4) is 0 Å². The number of aryl methyl sites for hydroxylation is 1. The highest BCUT2D eigenvalue weighted by molar-refractivity contribution is 9.10. The summed E-state index contributed by atoms with van der Waals surface area (Å²) in [4.78, 5) is 11.9. The molecule has 1 aliphatic rings. The molecule has 1 saturated heterocycles. The predicted octanol–water partition coefficient (Wildman–Crippen LogP) is 2.21. The Morgan fingerprint density at radius 1 is 1.48 bits per heavy atom. The number of carbonyl (C=O) groups excluding carboxylic acids is 1. The van der Waals surface area contributed by atoms with Gasteiger partial charge in [0.05, 0.1) is 17.0 Å². The van der Waals surface area contributed by atoms with E-state index in [9.17, 15) is 17.6 Å². The van der Waals surface area contributed by atoms with Crippen LogP contribution in [0.15, 0.2) is 22.7 Å². The van der Waals surface area contributed by atoms with Crippen molar-refractivity contribution >= 4 is 31.7 Å². The maximum atomic E-state index is 13.6. The minimum absolute atomic E-state index is 0.0294. The predicted molar refractivity (Wildman–Crippen MR) is 82.2 cm³/mol. The van der Waals surface area contributed by atoms with E-state index in [2.05, 4.69) is 21.2 Å². The lowest BCUT2D eigenvalue weighted by Gasteiger charge is -2.23. The SMILES string of the molecule is C[C@@]1(NC(=O)CCc2ccc(Br)cc2F)CCS(=O)(=O)C1. The third kappa shape index (κ3) is 4.51. The minimum atomic E-state index is -3.06. The highest BCUT2D eigenvalue weighted by Gasteiger charge is 2.39. The Balaban J connectivity index is 1.91. The second-order valence-corrected chi connectivity index (χ2v) is 8.79. The fourth-order valence-electron chi connectivity index (χ4n) is 2.48. The van der Waals surface area contributed by atoms with E-state index in [0.717, 1.165) is 0 Å². The van der Waals surface area contributed by atoms with Crippen molar-refractivity contribution < 1.29 is 17.6 Å². The van der Waals surface area contributed by atoms with Gasteiger partial charge in [0.2, 0.25) is 5.91 Å². The van der Waals surface area contributed by atoms with Crippen molar-refractivity contribution in [1.82, 2.24) is 5.32 Å². The molecule has 7 heteroatoms. The summed E-state index contributed by atoms with van der Waals surface area (Å²) in [6.45, 7) is 1.73. The Bertz CT molecular complexity index is 662.